The minimum Gasteiger partial charge on any atom is -0.496 e. The van der Waals surface area contributed by atoms with Gasteiger partial charge in [0.25, 0.3) is 5.56 Å². The van der Waals surface area contributed by atoms with E-state index in [2.05, 4.69) is 20.9 Å². The molecule has 21 heavy (non-hydrogen) atoms. The van der Waals surface area contributed by atoms with Crippen molar-refractivity contribution in [1.82, 2.24) is 9.55 Å². The number of thioether (sulfide) groups is 1. The highest BCUT2D eigenvalue weighted by Crippen LogP contribution is 2.28. The molecular formula is C13H11BrN2O4S. The molecule has 0 aliphatic heterocycles. The first-order valence-electron chi connectivity index (χ1n) is 5.79. The molecule has 0 spiro atoms. The van der Waals surface area contributed by atoms with E-state index >= 15 is 0 Å². The van der Waals surface area contributed by atoms with Crippen LogP contribution in [0.5, 0.6) is 5.75 Å². The van der Waals surface area contributed by atoms with E-state index in [-0.39, 0.29) is 5.75 Å². The van der Waals surface area contributed by atoms with Crippen LogP contribution in [0.2, 0.25) is 0 Å². The molecule has 1 N–H and O–H groups in total. The fourth-order valence-corrected chi connectivity index (χ4v) is 2.86. The number of carbonyl (C=O) groups is 1. The number of aromatic nitrogens is 2. The van der Waals surface area contributed by atoms with Gasteiger partial charge in [-0.2, -0.15) is 4.98 Å². The van der Waals surface area contributed by atoms with E-state index in [1.54, 1.807) is 36.1 Å². The second-order valence-corrected chi connectivity index (χ2v) is 5.72. The zero-order valence-corrected chi connectivity index (χ0v) is 13.3. The van der Waals surface area contributed by atoms with Crippen molar-refractivity contribution in [2.45, 2.75) is 5.16 Å². The lowest BCUT2D eigenvalue weighted by atomic mass is 10.3. The zero-order chi connectivity index (χ0) is 15.4. The second kappa shape index (κ2) is 6.77. The summed E-state index contributed by atoms with van der Waals surface area (Å²) in [5.41, 5.74) is 0.328. The van der Waals surface area contributed by atoms with Crippen molar-refractivity contribution in [3.05, 3.63) is 45.3 Å². The van der Waals surface area contributed by atoms with Crippen LogP contribution in [0.3, 0.4) is 0 Å². The van der Waals surface area contributed by atoms with Gasteiger partial charge in [-0.3, -0.25) is 14.2 Å². The lowest BCUT2D eigenvalue weighted by Crippen LogP contribution is -2.13. The van der Waals surface area contributed by atoms with Gasteiger partial charge in [0.1, 0.15) is 5.75 Å². The Kier molecular flexibility index (Phi) is 5.03. The molecule has 1 aromatic heterocycles. The molecule has 0 radical (unpaired) electrons. The average Bonchev–Trinajstić information content (AvgIpc) is 2.45. The number of carboxylic acids is 1. The van der Waals surface area contributed by atoms with E-state index in [4.69, 9.17) is 9.84 Å². The maximum absolute atomic E-state index is 11.4. The molecule has 1 aromatic carbocycles. The minimum absolute atomic E-state index is 0.173. The Bertz CT molecular complexity index is 732. The Balaban J connectivity index is 2.45. The molecule has 0 saturated heterocycles. The molecule has 0 atom stereocenters. The molecule has 0 saturated carbocycles. The fourth-order valence-electron chi connectivity index (χ4n) is 1.62. The van der Waals surface area contributed by atoms with Crippen molar-refractivity contribution >= 4 is 33.7 Å². The first kappa shape index (κ1) is 15.6. The molecule has 0 aliphatic carbocycles. The minimum atomic E-state index is -0.972. The number of ether oxygens (including phenoxy) is 1. The van der Waals surface area contributed by atoms with Gasteiger partial charge >= 0.3 is 5.97 Å². The van der Waals surface area contributed by atoms with Crippen LogP contribution < -0.4 is 10.3 Å². The van der Waals surface area contributed by atoms with Crippen molar-refractivity contribution < 1.29 is 14.6 Å². The number of hydrogen-bond donors (Lipinski definition) is 1. The average molecular weight is 371 g/mol. The molecule has 6 nitrogen and oxygen atoms in total. The normalized spacial score (nSPS) is 10.4. The van der Waals surface area contributed by atoms with Crippen LogP contribution in [-0.2, 0) is 4.79 Å². The summed E-state index contributed by atoms with van der Waals surface area (Å²) in [6, 6.07) is 6.68. The van der Waals surface area contributed by atoms with Crippen LogP contribution in [0.15, 0.2) is 44.9 Å². The molecule has 0 amide bonds. The van der Waals surface area contributed by atoms with Gasteiger partial charge in [0.2, 0.25) is 0 Å². The Hall–Kier alpha value is -1.80. The van der Waals surface area contributed by atoms with E-state index < -0.39 is 11.5 Å². The number of hydrogen-bond acceptors (Lipinski definition) is 5. The predicted molar refractivity (Wildman–Crippen MR) is 82.4 cm³/mol. The van der Waals surface area contributed by atoms with Gasteiger partial charge in [0.05, 0.1) is 17.3 Å². The molecule has 0 bridgehead atoms. The first-order valence-corrected chi connectivity index (χ1v) is 7.57. The molecule has 2 aromatic rings. The molecule has 0 unspecified atom stereocenters. The number of methoxy groups -OCH3 is 1. The van der Waals surface area contributed by atoms with Crippen LogP contribution >= 0.6 is 27.7 Å². The van der Waals surface area contributed by atoms with Crippen molar-refractivity contribution in [2.24, 2.45) is 0 Å². The Morgan fingerprint density at radius 3 is 2.86 bits per heavy atom. The summed E-state index contributed by atoms with van der Waals surface area (Å²) >= 11 is 4.37. The van der Waals surface area contributed by atoms with Gasteiger partial charge in [-0.1, -0.05) is 11.8 Å². The standard InChI is InChI=1S/C13H11BrN2O4S/c1-20-10-3-2-8(6-9(10)14)16-5-4-11(17)15-13(16)21-7-12(18)19/h2-6H,7H2,1H3,(H,18,19). The molecule has 0 aliphatic rings. The molecule has 0 fully saturated rings. The third-order valence-electron chi connectivity index (χ3n) is 2.52. The van der Waals surface area contributed by atoms with E-state index in [9.17, 15) is 9.59 Å². The largest absolute Gasteiger partial charge is 0.496 e. The smallest absolute Gasteiger partial charge is 0.313 e. The van der Waals surface area contributed by atoms with Crippen molar-refractivity contribution in [3.8, 4) is 11.4 Å². The van der Waals surface area contributed by atoms with Crippen LogP contribution in [0.1, 0.15) is 0 Å². The van der Waals surface area contributed by atoms with Crippen molar-refractivity contribution in [1.29, 1.82) is 0 Å². The Morgan fingerprint density at radius 1 is 1.48 bits per heavy atom. The van der Waals surface area contributed by atoms with Gasteiger partial charge in [-0.15, -0.1) is 0 Å². The number of benzene rings is 1. The van der Waals surface area contributed by atoms with Gasteiger partial charge in [-0.05, 0) is 34.1 Å². The van der Waals surface area contributed by atoms with Crippen LogP contribution in [0, 0.1) is 0 Å². The molecule has 1 heterocycles. The maximum Gasteiger partial charge on any atom is 0.313 e. The highest BCUT2D eigenvalue weighted by molar-refractivity contribution is 9.10. The Morgan fingerprint density at radius 2 is 2.24 bits per heavy atom. The summed E-state index contributed by atoms with van der Waals surface area (Å²) in [5.74, 6) is -0.471. The fraction of sp³-hybridized carbons (Fsp3) is 0.154. The third kappa shape index (κ3) is 3.85. The number of rotatable bonds is 5. The second-order valence-electron chi connectivity index (χ2n) is 3.92. The van der Waals surface area contributed by atoms with Gasteiger partial charge < -0.3 is 9.84 Å². The zero-order valence-electron chi connectivity index (χ0n) is 10.9. The van der Waals surface area contributed by atoms with E-state index in [1.165, 1.54) is 6.07 Å². The maximum atomic E-state index is 11.4. The topological polar surface area (TPSA) is 81.4 Å². The van der Waals surface area contributed by atoms with Crippen molar-refractivity contribution in [3.63, 3.8) is 0 Å². The molecule has 8 heteroatoms. The SMILES string of the molecule is COc1ccc(-n2ccc(=O)nc2SCC(=O)O)cc1Br. The monoisotopic (exact) mass is 370 g/mol. The van der Waals surface area contributed by atoms with Crippen molar-refractivity contribution in [2.75, 3.05) is 12.9 Å². The van der Waals surface area contributed by atoms with Gasteiger partial charge in [0, 0.05) is 18.0 Å². The summed E-state index contributed by atoms with van der Waals surface area (Å²) in [5, 5.41) is 9.08. The molecule has 110 valence electrons. The van der Waals surface area contributed by atoms with E-state index in [0.29, 0.717) is 10.9 Å². The summed E-state index contributed by atoms with van der Waals surface area (Å²) in [6.07, 6.45) is 1.56. The lowest BCUT2D eigenvalue weighted by molar-refractivity contribution is -0.133. The van der Waals surface area contributed by atoms with E-state index in [1.807, 2.05) is 0 Å². The first-order chi connectivity index (χ1) is 10.0. The quantitative estimate of drug-likeness (QED) is 0.641. The number of nitrogens with zero attached hydrogens (tertiary/aromatic N) is 2. The van der Waals surface area contributed by atoms with Crippen LogP contribution in [-0.4, -0.2) is 33.5 Å². The van der Waals surface area contributed by atoms with Crippen LogP contribution in [0.25, 0.3) is 5.69 Å². The molecule has 2 rings (SSSR count). The highest BCUT2D eigenvalue weighted by Gasteiger charge is 2.10. The van der Waals surface area contributed by atoms with E-state index in [0.717, 1.165) is 21.9 Å². The van der Waals surface area contributed by atoms with Crippen LogP contribution in [0.4, 0.5) is 0 Å². The van der Waals surface area contributed by atoms with Gasteiger partial charge in [-0.25, -0.2) is 0 Å². The summed E-state index contributed by atoms with van der Waals surface area (Å²) < 4.78 is 7.56. The lowest BCUT2D eigenvalue weighted by Gasteiger charge is -2.12. The number of halogens is 1. The predicted octanol–water partition coefficient (Wildman–Crippen LogP) is 2.18. The Labute approximate surface area is 132 Å². The summed E-state index contributed by atoms with van der Waals surface area (Å²) in [6.45, 7) is 0. The highest BCUT2D eigenvalue weighted by atomic mass is 79.9. The van der Waals surface area contributed by atoms with Gasteiger partial charge in [0.15, 0.2) is 5.16 Å². The summed E-state index contributed by atoms with van der Waals surface area (Å²) in [4.78, 5) is 25.9. The summed E-state index contributed by atoms with van der Waals surface area (Å²) in [7, 11) is 1.56. The molecular weight excluding hydrogens is 360 g/mol. The number of aliphatic carboxylic acids is 1. The third-order valence-corrected chi connectivity index (χ3v) is 4.07. The number of carboxylic acid groups (broad SMARTS) is 1.